The van der Waals surface area contributed by atoms with Gasteiger partial charge in [0.2, 0.25) is 5.91 Å². The lowest BCUT2D eigenvalue weighted by Gasteiger charge is -2.25. The first kappa shape index (κ1) is 15.2. The monoisotopic (exact) mass is 292 g/mol. The number of benzene rings is 1. The molecule has 1 aromatic carbocycles. The number of nitro groups is 1. The van der Waals surface area contributed by atoms with Gasteiger partial charge in [-0.05, 0) is 44.9 Å². The van der Waals surface area contributed by atoms with E-state index < -0.39 is 10.7 Å². The highest BCUT2D eigenvalue weighted by Gasteiger charge is 2.33. The Hall–Kier alpha value is -2.24. The standard InChI is InChI=1S/C15H17FN2O3/c1-10(2)17(13-6-7-13)15(19)8-4-11-3-5-12(16)9-14(11)18(20)21/h3-5,8-10,13H,6-7H2,1-2H3. The molecule has 0 saturated heterocycles. The van der Waals surface area contributed by atoms with Crippen LogP contribution in [0, 0.1) is 15.9 Å². The van der Waals surface area contributed by atoms with Crippen LogP contribution in [-0.2, 0) is 4.79 Å². The quantitative estimate of drug-likeness (QED) is 0.476. The molecule has 1 aromatic rings. The highest BCUT2D eigenvalue weighted by atomic mass is 19.1. The van der Waals surface area contributed by atoms with Gasteiger partial charge in [-0.1, -0.05) is 0 Å². The van der Waals surface area contributed by atoms with Crippen molar-refractivity contribution in [1.82, 2.24) is 4.90 Å². The summed E-state index contributed by atoms with van der Waals surface area (Å²) >= 11 is 0. The maximum Gasteiger partial charge on any atom is 0.279 e. The van der Waals surface area contributed by atoms with E-state index in [1.807, 2.05) is 13.8 Å². The largest absolute Gasteiger partial charge is 0.334 e. The molecule has 1 aliphatic rings. The Morgan fingerprint density at radius 2 is 2.14 bits per heavy atom. The van der Waals surface area contributed by atoms with Crippen molar-refractivity contribution in [3.8, 4) is 0 Å². The van der Waals surface area contributed by atoms with Crippen molar-refractivity contribution in [2.75, 3.05) is 0 Å². The molecule has 0 spiro atoms. The third-order valence-electron chi connectivity index (χ3n) is 3.35. The Kier molecular flexibility index (Phi) is 4.35. The van der Waals surface area contributed by atoms with Crippen LogP contribution in [0.2, 0.25) is 0 Å². The number of nitro benzene ring substituents is 1. The number of rotatable bonds is 5. The predicted octanol–water partition coefficient (Wildman–Crippen LogP) is 3.15. The van der Waals surface area contributed by atoms with Crippen LogP contribution in [0.4, 0.5) is 10.1 Å². The van der Waals surface area contributed by atoms with E-state index in [9.17, 15) is 19.3 Å². The van der Waals surface area contributed by atoms with Crippen molar-refractivity contribution >= 4 is 17.7 Å². The minimum absolute atomic E-state index is 0.0813. The van der Waals surface area contributed by atoms with Gasteiger partial charge < -0.3 is 4.90 Å². The van der Waals surface area contributed by atoms with E-state index in [-0.39, 0.29) is 29.2 Å². The van der Waals surface area contributed by atoms with Gasteiger partial charge in [0.25, 0.3) is 5.69 Å². The van der Waals surface area contributed by atoms with E-state index in [0.29, 0.717) is 0 Å². The number of carbonyl (C=O) groups is 1. The summed E-state index contributed by atoms with van der Waals surface area (Å²) < 4.78 is 13.1. The van der Waals surface area contributed by atoms with E-state index in [4.69, 9.17) is 0 Å². The highest BCUT2D eigenvalue weighted by Crippen LogP contribution is 2.29. The van der Waals surface area contributed by atoms with Crippen molar-refractivity contribution in [2.45, 2.75) is 38.8 Å². The van der Waals surface area contributed by atoms with E-state index in [0.717, 1.165) is 25.0 Å². The number of halogens is 1. The molecule has 0 heterocycles. The topological polar surface area (TPSA) is 63.5 Å². The Bertz CT molecular complexity index is 593. The Labute approximate surface area is 122 Å². The summed E-state index contributed by atoms with van der Waals surface area (Å²) in [6.07, 6.45) is 4.68. The summed E-state index contributed by atoms with van der Waals surface area (Å²) in [4.78, 5) is 24.2. The molecule has 0 N–H and O–H groups in total. The Balaban J connectivity index is 2.20. The summed E-state index contributed by atoms with van der Waals surface area (Å²) in [5, 5.41) is 10.9. The van der Waals surface area contributed by atoms with Crippen molar-refractivity contribution in [3.63, 3.8) is 0 Å². The van der Waals surface area contributed by atoms with Crippen LogP contribution in [0.5, 0.6) is 0 Å². The second-order valence-electron chi connectivity index (χ2n) is 5.36. The Morgan fingerprint density at radius 1 is 1.48 bits per heavy atom. The zero-order chi connectivity index (χ0) is 15.6. The molecule has 21 heavy (non-hydrogen) atoms. The zero-order valence-corrected chi connectivity index (χ0v) is 12.0. The highest BCUT2D eigenvalue weighted by molar-refractivity contribution is 5.93. The fraction of sp³-hybridized carbons (Fsp3) is 0.400. The van der Waals surface area contributed by atoms with E-state index in [2.05, 4.69) is 0 Å². The zero-order valence-electron chi connectivity index (χ0n) is 12.0. The van der Waals surface area contributed by atoms with Gasteiger partial charge in [0.05, 0.1) is 16.6 Å². The van der Waals surface area contributed by atoms with Crippen LogP contribution < -0.4 is 0 Å². The maximum atomic E-state index is 13.1. The molecular formula is C15H17FN2O3. The van der Waals surface area contributed by atoms with E-state index >= 15 is 0 Å². The van der Waals surface area contributed by atoms with Gasteiger partial charge in [-0.3, -0.25) is 14.9 Å². The van der Waals surface area contributed by atoms with Gasteiger partial charge in [0.15, 0.2) is 0 Å². The molecule has 1 saturated carbocycles. The minimum atomic E-state index is -0.674. The number of amides is 1. The third kappa shape index (κ3) is 3.65. The normalized spacial score (nSPS) is 14.7. The molecule has 0 aromatic heterocycles. The van der Waals surface area contributed by atoms with Gasteiger partial charge in [-0.2, -0.15) is 0 Å². The SMILES string of the molecule is CC(C)N(C(=O)C=Cc1ccc(F)cc1[N+](=O)[O-])C1CC1. The average Bonchev–Trinajstić information content (AvgIpc) is 3.21. The van der Waals surface area contributed by atoms with Crippen LogP contribution in [0.3, 0.4) is 0 Å². The fourth-order valence-electron chi connectivity index (χ4n) is 2.27. The molecule has 1 fully saturated rings. The Morgan fingerprint density at radius 3 is 2.67 bits per heavy atom. The summed E-state index contributed by atoms with van der Waals surface area (Å²) in [5.41, 5.74) is -0.129. The molecule has 112 valence electrons. The molecule has 1 amide bonds. The molecule has 0 radical (unpaired) electrons. The smallest absolute Gasteiger partial charge is 0.279 e. The minimum Gasteiger partial charge on any atom is -0.334 e. The first-order valence-electron chi connectivity index (χ1n) is 6.84. The summed E-state index contributed by atoms with van der Waals surface area (Å²) in [7, 11) is 0. The molecular weight excluding hydrogens is 275 g/mol. The van der Waals surface area contributed by atoms with Crippen LogP contribution in [-0.4, -0.2) is 27.8 Å². The molecule has 0 atom stereocenters. The number of hydrogen-bond acceptors (Lipinski definition) is 3. The van der Waals surface area contributed by atoms with Gasteiger partial charge in [0.1, 0.15) is 5.82 Å². The van der Waals surface area contributed by atoms with Gasteiger partial charge in [0, 0.05) is 18.2 Å². The lowest BCUT2D eigenvalue weighted by Crippen LogP contribution is -2.37. The molecule has 0 aliphatic heterocycles. The van der Waals surface area contributed by atoms with E-state index in [1.54, 1.807) is 4.90 Å². The average molecular weight is 292 g/mol. The first-order valence-corrected chi connectivity index (χ1v) is 6.84. The molecule has 0 unspecified atom stereocenters. The van der Waals surface area contributed by atoms with Crippen LogP contribution in [0.25, 0.3) is 6.08 Å². The van der Waals surface area contributed by atoms with Crippen LogP contribution in [0.1, 0.15) is 32.3 Å². The summed E-state index contributed by atoms with van der Waals surface area (Å²) in [6, 6.07) is 3.64. The number of nitrogens with zero attached hydrogens (tertiary/aromatic N) is 2. The van der Waals surface area contributed by atoms with Crippen molar-refractivity contribution in [1.29, 1.82) is 0 Å². The second-order valence-corrected chi connectivity index (χ2v) is 5.36. The fourth-order valence-corrected chi connectivity index (χ4v) is 2.27. The predicted molar refractivity (Wildman–Crippen MR) is 77.1 cm³/mol. The molecule has 6 heteroatoms. The van der Waals surface area contributed by atoms with Gasteiger partial charge in [-0.15, -0.1) is 0 Å². The number of carbonyl (C=O) groups excluding carboxylic acids is 1. The van der Waals surface area contributed by atoms with E-state index in [1.165, 1.54) is 18.2 Å². The summed E-state index contributed by atoms with van der Waals surface area (Å²) in [6.45, 7) is 3.87. The lowest BCUT2D eigenvalue weighted by atomic mass is 10.1. The van der Waals surface area contributed by atoms with Crippen molar-refractivity contribution < 1.29 is 14.1 Å². The summed E-state index contributed by atoms with van der Waals surface area (Å²) in [5.74, 6) is -0.849. The van der Waals surface area contributed by atoms with Gasteiger partial charge >= 0.3 is 0 Å². The number of hydrogen-bond donors (Lipinski definition) is 0. The molecule has 1 aliphatic carbocycles. The lowest BCUT2D eigenvalue weighted by molar-refractivity contribution is -0.385. The molecule has 2 rings (SSSR count). The van der Waals surface area contributed by atoms with Gasteiger partial charge in [-0.25, -0.2) is 4.39 Å². The molecule has 5 nitrogen and oxygen atoms in total. The molecule has 0 bridgehead atoms. The third-order valence-corrected chi connectivity index (χ3v) is 3.35. The van der Waals surface area contributed by atoms with Crippen molar-refractivity contribution in [3.05, 3.63) is 45.8 Å². The second kappa shape index (κ2) is 6.03. The van der Waals surface area contributed by atoms with Crippen LogP contribution >= 0.6 is 0 Å². The first-order chi connectivity index (χ1) is 9.90. The maximum absolute atomic E-state index is 13.1. The van der Waals surface area contributed by atoms with Crippen molar-refractivity contribution in [2.24, 2.45) is 0 Å². The van der Waals surface area contributed by atoms with Crippen LogP contribution in [0.15, 0.2) is 24.3 Å².